The van der Waals surface area contributed by atoms with Crippen molar-refractivity contribution in [2.75, 3.05) is 43.0 Å². The molecule has 0 atom stereocenters. The van der Waals surface area contributed by atoms with Crippen molar-refractivity contribution >= 4 is 35.1 Å². The van der Waals surface area contributed by atoms with E-state index in [1.165, 1.54) is 11.8 Å². The highest BCUT2D eigenvalue weighted by Gasteiger charge is 2.37. The Labute approximate surface area is 213 Å². The number of anilines is 3. The number of H-pyrrole nitrogens is 1. The Hall–Kier alpha value is -3.27. The lowest BCUT2D eigenvalue weighted by atomic mass is 9.98. The van der Waals surface area contributed by atoms with Crippen molar-refractivity contribution in [3.8, 4) is 5.75 Å². The van der Waals surface area contributed by atoms with Gasteiger partial charge in [0.05, 0.1) is 12.5 Å². The maximum Gasteiger partial charge on any atom is 0.229 e. The maximum absolute atomic E-state index is 12.7. The van der Waals surface area contributed by atoms with E-state index in [2.05, 4.69) is 20.4 Å². The largest absolute Gasteiger partial charge is 0.494 e. The van der Waals surface area contributed by atoms with Gasteiger partial charge < -0.3 is 19.9 Å². The highest BCUT2D eigenvalue weighted by molar-refractivity contribution is 7.99. The molecule has 0 saturated carbocycles. The predicted molar refractivity (Wildman–Crippen MR) is 143 cm³/mol. The first-order valence-electron chi connectivity index (χ1n) is 11.7. The number of nitrogens with one attached hydrogen (secondary N) is 2. The van der Waals surface area contributed by atoms with Gasteiger partial charge in [-0.25, -0.2) is 9.97 Å². The first kappa shape index (κ1) is 24.8. The van der Waals surface area contributed by atoms with Crippen LogP contribution < -0.4 is 15.0 Å². The third kappa shape index (κ3) is 5.87. The number of amides is 1. The summed E-state index contributed by atoms with van der Waals surface area (Å²) >= 11 is 1.49. The number of likely N-dealkylation sites (tertiary alicyclic amines) is 1. The molecule has 3 aromatic rings. The Morgan fingerprint density at radius 2 is 1.91 bits per heavy atom. The fraction of sp³-hybridized carbons (Fsp3) is 0.440. The zero-order valence-corrected chi connectivity index (χ0v) is 20.3. The van der Waals surface area contributed by atoms with Gasteiger partial charge in [-0.2, -0.15) is 5.10 Å². The molecule has 190 valence electrons. The summed E-state index contributed by atoms with van der Waals surface area (Å²) in [4.78, 5) is 27.4. The quantitative estimate of drug-likeness (QED) is 0.418. The topological polar surface area (TPSA) is 99.3 Å². The minimum Gasteiger partial charge on any atom is -0.494 e. The van der Waals surface area contributed by atoms with Crippen LogP contribution in [0.2, 0.25) is 0 Å². The smallest absolute Gasteiger partial charge is 0.229 e. The van der Waals surface area contributed by atoms with Crippen LogP contribution in [-0.4, -0.2) is 63.8 Å². The van der Waals surface area contributed by atoms with Crippen LogP contribution in [0.5, 0.6) is 5.75 Å². The fourth-order valence-electron chi connectivity index (χ4n) is 4.19. The van der Waals surface area contributed by atoms with E-state index in [9.17, 15) is 4.79 Å². The molecule has 2 N–H and O–H groups in total. The minimum atomic E-state index is 0. The van der Waals surface area contributed by atoms with Gasteiger partial charge in [-0.1, -0.05) is 7.43 Å². The molecule has 2 fully saturated rings. The number of aromatic nitrogens is 4. The Balaban J connectivity index is 0.00000160. The van der Waals surface area contributed by atoms with Crippen molar-refractivity contribution in [3.63, 3.8) is 0 Å². The Morgan fingerprint density at radius 1 is 1.17 bits per heavy atom. The highest BCUT2D eigenvalue weighted by Crippen LogP contribution is 2.32. The van der Waals surface area contributed by atoms with Gasteiger partial charge in [0.25, 0.3) is 0 Å². The Morgan fingerprint density at radius 3 is 2.57 bits per heavy atom. The number of rotatable bonds is 8. The lowest BCUT2D eigenvalue weighted by Gasteiger charge is -2.40. The van der Waals surface area contributed by atoms with Crippen molar-refractivity contribution in [2.45, 2.75) is 44.2 Å². The molecule has 9 nitrogen and oxygen atoms in total. The summed E-state index contributed by atoms with van der Waals surface area (Å²) in [5, 5.41) is 11.1. The Kier molecular flexibility index (Phi) is 7.80. The van der Waals surface area contributed by atoms with Crippen LogP contribution in [-0.2, 0) is 4.79 Å². The molecule has 2 aliphatic heterocycles. The standard InChI is InChI=1S/C24H29N7O2S.CH4.2H2/c1-3-33-18-6-8-19(9-7-18)34-24-26-20(25-21-12-16(2)28-29-21)13-22(27-24)31-14-17(15-31)23(32)30-10-4-5-11-30;;;/h6-9,12-13,17H,3-5,10-11,14-15H2,1-2H3,(H2,25,26,27,28,29);1H4;2*1H. The molecule has 2 saturated heterocycles. The number of hydrogen-bond acceptors (Lipinski definition) is 8. The molecule has 0 radical (unpaired) electrons. The number of nitrogens with zero attached hydrogens (tertiary/aromatic N) is 5. The zero-order chi connectivity index (χ0) is 23.5. The maximum atomic E-state index is 12.7. The summed E-state index contributed by atoms with van der Waals surface area (Å²) in [5.41, 5.74) is 0.965. The van der Waals surface area contributed by atoms with E-state index in [4.69, 9.17) is 14.7 Å². The van der Waals surface area contributed by atoms with Crippen molar-refractivity contribution in [1.82, 2.24) is 25.1 Å². The molecule has 0 aliphatic carbocycles. The molecule has 1 aromatic carbocycles. The summed E-state index contributed by atoms with van der Waals surface area (Å²) in [7, 11) is 0. The van der Waals surface area contributed by atoms with Gasteiger partial charge in [0, 0.05) is 51.8 Å². The van der Waals surface area contributed by atoms with E-state index >= 15 is 0 Å². The summed E-state index contributed by atoms with van der Waals surface area (Å²) in [6, 6.07) is 11.8. The van der Waals surface area contributed by atoms with Crippen molar-refractivity contribution in [2.24, 2.45) is 5.92 Å². The second kappa shape index (κ2) is 11.0. The van der Waals surface area contributed by atoms with E-state index in [0.717, 1.165) is 48.1 Å². The molecule has 5 rings (SSSR count). The molecule has 1 amide bonds. The number of aromatic amines is 1. The third-order valence-corrected chi connectivity index (χ3v) is 6.84. The summed E-state index contributed by atoms with van der Waals surface area (Å²) in [5.74, 6) is 3.33. The molecule has 2 aromatic heterocycles. The van der Waals surface area contributed by atoms with Gasteiger partial charge in [-0.3, -0.25) is 9.89 Å². The van der Waals surface area contributed by atoms with E-state index in [1.54, 1.807) is 0 Å². The summed E-state index contributed by atoms with van der Waals surface area (Å²) in [6.07, 6.45) is 2.23. The monoisotopic (exact) mass is 499 g/mol. The highest BCUT2D eigenvalue weighted by atomic mass is 32.2. The van der Waals surface area contributed by atoms with Crippen molar-refractivity contribution < 1.29 is 12.4 Å². The number of ether oxygens (including phenoxy) is 1. The van der Waals surface area contributed by atoms with Crippen LogP contribution >= 0.6 is 11.8 Å². The molecular weight excluding hydrogens is 462 g/mol. The van der Waals surface area contributed by atoms with Gasteiger partial charge in [-0.05, 0) is 62.7 Å². The van der Waals surface area contributed by atoms with E-state index in [1.807, 2.05) is 55.1 Å². The molecule has 0 unspecified atom stereocenters. The molecular formula is C25H37N7O2S. The zero-order valence-electron chi connectivity index (χ0n) is 19.5. The first-order chi connectivity index (χ1) is 16.6. The van der Waals surface area contributed by atoms with Crippen LogP contribution in [0.3, 0.4) is 0 Å². The first-order valence-corrected chi connectivity index (χ1v) is 12.5. The normalized spacial score (nSPS) is 15.5. The predicted octanol–water partition coefficient (Wildman–Crippen LogP) is 4.99. The van der Waals surface area contributed by atoms with Crippen molar-refractivity contribution in [3.05, 3.63) is 42.1 Å². The fourth-order valence-corrected chi connectivity index (χ4v) is 4.96. The molecule has 0 bridgehead atoms. The van der Waals surface area contributed by atoms with Crippen LogP contribution in [0.25, 0.3) is 0 Å². The van der Waals surface area contributed by atoms with Gasteiger partial charge >= 0.3 is 0 Å². The molecule has 4 heterocycles. The SMILES string of the molecule is C.CCOc1ccc(Sc2nc(Nc3cc(C)[nH]n3)cc(N3CC(C(=O)N4CCCC4)C3)n2)cc1.[HH].[HH]. The lowest BCUT2D eigenvalue weighted by molar-refractivity contribution is -0.135. The summed E-state index contributed by atoms with van der Waals surface area (Å²) < 4.78 is 5.54. The second-order valence-corrected chi connectivity index (χ2v) is 9.64. The van der Waals surface area contributed by atoms with E-state index in [-0.39, 0.29) is 22.1 Å². The van der Waals surface area contributed by atoms with Crippen LogP contribution in [0.1, 0.15) is 35.7 Å². The minimum absolute atomic E-state index is 0. The average Bonchev–Trinajstić information content (AvgIpc) is 3.46. The van der Waals surface area contributed by atoms with Crippen LogP contribution in [0.15, 0.2) is 46.5 Å². The van der Waals surface area contributed by atoms with Crippen molar-refractivity contribution in [1.29, 1.82) is 0 Å². The Bertz CT molecular complexity index is 1150. The molecule has 2 aliphatic rings. The van der Waals surface area contributed by atoms with E-state index in [0.29, 0.717) is 36.5 Å². The molecule has 35 heavy (non-hydrogen) atoms. The van der Waals surface area contributed by atoms with Gasteiger partial charge in [-0.15, -0.1) is 0 Å². The number of benzene rings is 1. The second-order valence-electron chi connectivity index (χ2n) is 8.60. The van der Waals surface area contributed by atoms with E-state index < -0.39 is 0 Å². The number of hydrogen-bond donors (Lipinski definition) is 2. The lowest BCUT2D eigenvalue weighted by Crippen LogP contribution is -2.54. The third-order valence-electron chi connectivity index (χ3n) is 5.97. The number of carbonyl (C=O) groups is 1. The summed E-state index contributed by atoms with van der Waals surface area (Å²) in [6.45, 7) is 7.70. The number of carbonyl (C=O) groups excluding carboxylic acids is 1. The average molecular weight is 500 g/mol. The number of aryl methyl sites for hydroxylation is 1. The van der Waals surface area contributed by atoms with Gasteiger partial charge in [0.1, 0.15) is 17.4 Å². The van der Waals surface area contributed by atoms with Crippen LogP contribution in [0.4, 0.5) is 17.5 Å². The molecule has 0 spiro atoms. The van der Waals surface area contributed by atoms with Gasteiger partial charge in [0.2, 0.25) is 5.91 Å². The van der Waals surface area contributed by atoms with Crippen LogP contribution in [0, 0.1) is 12.8 Å². The van der Waals surface area contributed by atoms with Gasteiger partial charge in [0.15, 0.2) is 11.0 Å². The molecule has 10 heteroatoms.